The first-order chi connectivity index (χ1) is 5.27. The molecular weight excluding hydrogens is 319 g/mol. The number of nitrogens with one attached hydrogen (secondary N) is 1. The van der Waals surface area contributed by atoms with Crippen molar-refractivity contribution in [3.8, 4) is 6.07 Å². The van der Waals surface area contributed by atoms with Gasteiger partial charge in [-0.15, -0.1) is 0 Å². The molecule has 0 fully saturated rings. The average molecular weight is 323 g/mol. The zero-order chi connectivity index (χ0) is 8.27. The summed E-state index contributed by atoms with van der Waals surface area (Å²) in [6.45, 7) is 0. The molecule has 56 valence electrons. The van der Waals surface area contributed by atoms with Crippen LogP contribution in [0.25, 0.3) is 0 Å². The van der Waals surface area contributed by atoms with Gasteiger partial charge in [0.25, 0.3) is 0 Å². The lowest BCUT2D eigenvalue weighted by molar-refractivity contribution is 1.48. The van der Waals surface area contributed by atoms with Gasteiger partial charge in [0.15, 0.2) is 0 Å². The van der Waals surface area contributed by atoms with Crippen LogP contribution in [0.5, 0.6) is 0 Å². The largest absolute Gasteiger partial charge is 0.327 e. The second-order valence-electron chi connectivity index (χ2n) is 1.90. The molecule has 0 unspecified atom stereocenters. The van der Waals surface area contributed by atoms with E-state index in [4.69, 9.17) is 5.26 Å². The highest BCUT2D eigenvalue weighted by molar-refractivity contribution is 14.1. The first-order valence-corrected chi connectivity index (χ1v) is 4.71. The summed E-state index contributed by atoms with van der Waals surface area (Å²) in [5.41, 5.74) is 1.49. The Morgan fingerprint density at radius 1 is 1.55 bits per heavy atom. The molecule has 0 radical (unpaired) electrons. The minimum atomic E-state index is 0.647. The van der Waals surface area contributed by atoms with Crippen LogP contribution in [0.15, 0.2) is 22.7 Å². The van der Waals surface area contributed by atoms with Crippen molar-refractivity contribution in [1.82, 2.24) is 0 Å². The fraction of sp³-hybridized carbons (Fsp3) is 0. The highest BCUT2D eigenvalue weighted by Crippen LogP contribution is 2.20. The Labute approximate surface area is 87.2 Å². The summed E-state index contributed by atoms with van der Waals surface area (Å²) in [6, 6.07) is 7.62. The molecule has 0 spiro atoms. The molecule has 0 aliphatic rings. The molecule has 0 aromatic heterocycles. The van der Waals surface area contributed by atoms with Crippen molar-refractivity contribution in [3.05, 3.63) is 28.2 Å². The van der Waals surface area contributed by atoms with Gasteiger partial charge in [-0.05, 0) is 18.2 Å². The first-order valence-electron chi connectivity index (χ1n) is 2.84. The van der Waals surface area contributed by atoms with Gasteiger partial charge in [-0.25, -0.2) is 0 Å². The molecule has 0 saturated heterocycles. The standard InChI is InChI=1S/C7H4BrIN2/c8-6-1-2-7(11-9)5(3-6)4-10/h1-3,11H. The van der Waals surface area contributed by atoms with Crippen LogP contribution in [0, 0.1) is 11.3 Å². The maximum Gasteiger partial charge on any atom is 0.101 e. The van der Waals surface area contributed by atoms with Gasteiger partial charge in [-0.1, -0.05) is 15.9 Å². The zero-order valence-electron chi connectivity index (χ0n) is 5.44. The summed E-state index contributed by atoms with van der Waals surface area (Å²) in [4.78, 5) is 0. The molecule has 1 aromatic carbocycles. The van der Waals surface area contributed by atoms with Crippen LogP contribution < -0.4 is 3.53 Å². The van der Waals surface area contributed by atoms with E-state index in [1.165, 1.54) is 0 Å². The Morgan fingerprint density at radius 3 is 2.82 bits per heavy atom. The van der Waals surface area contributed by atoms with Crippen LogP contribution in [-0.4, -0.2) is 0 Å². The van der Waals surface area contributed by atoms with Crippen LogP contribution >= 0.6 is 38.8 Å². The Balaban J connectivity index is 3.19. The van der Waals surface area contributed by atoms with Crippen LogP contribution in [-0.2, 0) is 0 Å². The third-order valence-corrected chi connectivity index (χ3v) is 2.28. The van der Waals surface area contributed by atoms with Crippen LogP contribution in [0.4, 0.5) is 5.69 Å². The van der Waals surface area contributed by atoms with Gasteiger partial charge in [0, 0.05) is 4.47 Å². The van der Waals surface area contributed by atoms with E-state index in [1.807, 2.05) is 35.0 Å². The summed E-state index contributed by atoms with van der Waals surface area (Å²) in [7, 11) is 0. The lowest BCUT2D eigenvalue weighted by Crippen LogP contribution is -1.84. The van der Waals surface area contributed by atoms with Gasteiger partial charge in [-0.3, -0.25) is 0 Å². The van der Waals surface area contributed by atoms with Crippen molar-refractivity contribution in [2.45, 2.75) is 0 Å². The van der Waals surface area contributed by atoms with Gasteiger partial charge in [0.2, 0.25) is 0 Å². The summed E-state index contributed by atoms with van der Waals surface area (Å²) in [5, 5.41) is 8.66. The molecule has 0 aliphatic carbocycles. The van der Waals surface area contributed by atoms with Gasteiger partial charge < -0.3 is 3.53 Å². The SMILES string of the molecule is N#Cc1cc(Br)ccc1NI. The van der Waals surface area contributed by atoms with E-state index >= 15 is 0 Å². The number of hydrogen-bond donors (Lipinski definition) is 1. The summed E-state index contributed by atoms with van der Waals surface area (Å²) < 4.78 is 3.82. The number of halogens is 2. The van der Waals surface area contributed by atoms with Gasteiger partial charge in [-0.2, -0.15) is 5.26 Å². The zero-order valence-corrected chi connectivity index (χ0v) is 9.18. The van der Waals surface area contributed by atoms with Crippen molar-refractivity contribution >= 4 is 44.5 Å². The fourth-order valence-electron chi connectivity index (χ4n) is 0.691. The highest BCUT2D eigenvalue weighted by Gasteiger charge is 1.99. The van der Waals surface area contributed by atoms with E-state index in [1.54, 1.807) is 6.07 Å². The molecule has 4 heteroatoms. The number of nitrogens with zero attached hydrogens (tertiary/aromatic N) is 1. The summed E-state index contributed by atoms with van der Waals surface area (Å²) >= 11 is 5.28. The number of anilines is 1. The third-order valence-electron chi connectivity index (χ3n) is 1.20. The molecule has 1 N–H and O–H groups in total. The lowest BCUT2D eigenvalue weighted by Gasteiger charge is -1.99. The predicted molar refractivity (Wildman–Crippen MR) is 56.5 cm³/mol. The molecule has 0 bridgehead atoms. The quantitative estimate of drug-likeness (QED) is 0.637. The van der Waals surface area contributed by atoms with Gasteiger partial charge >= 0.3 is 0 Å². The van der Waals surface area contributed by atoms with E-state index in [9.17, 15) is 0 Å². The number of nitriles is 1. The summed E-state index contributed by atoms with van der Waals surface area (Å²) in [5.74, 6) is 0. The van der Waals surface area contributed by atoms with E-state index in [0.29, 0.717) is 5.56 Å². The van der Waals surface area contributed by atoms with Crippen molar-refractivity contribution in [2.75, 3.05) is 3.53 Å². The van der Waals surface area contributed by atoms with Gasteiger partial charge in [0.1, 0.15) is 6.07 Å². The number of rotatable bonds is 1. The molecule has 11 heavy (non-hydrogen) atoms. The summed E-state index contributed by atoms with van der Waals surface area (Å²) in [6.07, 6.45) is 0. The topological polar surface area (TPSA) is 35.8 Å². The normalized spacial score (nSPS) is 8.82. The van der Waals surface area contributed by atoms with Crippen molar-refractivity contribution < 1.29 is 0 Å². The molecule has 2 nitrogen and oxygen atoms in total. The highest BCUT2D eigenvalue weighted by atomic mass is 127. The molecule has 1 aromatic rings. The van der Waals surface area contributed by atoms with E-state index in [2.05, 4.69) is 25.5 Å². The van der Waals surface area contributed by atoms with Crippen LogP contribution in [0.3, 0.4) is 0 Å². The van der Waals surface area contributed by atoms with Crippen LogP contribution in [0.1, 0.15) is 5.56 Å². The predicted octanol–water partition coefficient (Wildman–Crippen LogP) is 3.08. The Kier molecular flexibility index (Phi) is 3.15. The van der Waals surface area contributed by atoms with E-state index in [0.717, 1.165) is 10.2 Å². The van der Waals surface area contributed by atoms with Gasteiger partial charge in [0.05, 0.1) is 34.1 Å². The van der Waals surface area contributed by atoms with Crippen molar-refractivity contribution in [3.63, 3.8) is 0 Å². The minimum Gasteiger partial charge on any atom is -0.327 e. The van der Waals surface area contributed by atoms with Crippen molar-refractivity contribution in [2.24, 2.45) is 0 Å². The molecule has 0 heterocycles. The molecule has 0 aliphatic heterocycles. The molecule has 0 amide bonds. The number of hydrogen-bond acceptors (Lipinski definition) is 2. The lowest BCUT2D eigenvalue weighted by atomic mass is 10.2. The Bertz CT molecular complexity index is 306. The fourth-order valence-corrected chi connectivity index (χ4v) is 1.52. The Hall–Kier alpha value is -0.280. The van der Waals surface area contributed by atoms with Crippen LogP contribution in [0.2, 0.25) is 0 Å². The smallest absolute Gasteiger partial charge is 0.101 e. The Morgan fingerprint density at radius 2 is 2.27 bits per heavy atom. The monoisotopic (exact) mass is 322 g/mol. The maximum atomic E-state index is 8.66. The second kappa shape index (κ2) is 3.93. The second-order valence-corrected chi connectivity index (χ2v) is 3.35. The number of benzene rings is 1. The minimum absolute atomic E-state index is 0.647. The molecule has 0 atom stereocenters. The first kappa shape index (κ1) is 8.81. The van der Waals surface area contributed by atoms with E-state index < -0.39 is 0 Å². The third kappa shape index (κ3) is 2.07. The molecule has 1 rings (SSSR count). The average Bonchev–Trinajstić information content (AvgIpc) is 2.04. The maximum absolute atomic E-state index is 8.66. The van der Waals surface area contributed by atoms with Crippen molar-refractivity contribution in [1.29, 1.82) is 5.26 Å². The molecule has 0 saturated carbocycles. The van der Waals surface area contributed by atoms with E-state index in [-0.39, 0.29) is 0 Å². The molecular formula is C7H4BrIN2.